The Kier molecular flexibility index (Phi) is 1.48. The second kappa shape index (κ2) is 2.23. The normalized spacial score (nSPS) is 52.2. The summed E-state index contributed by atoms with van der Waals surface area (Å²) >= 11 is 0. The third kappa shape index (κ3) is 0.800. The summed E-state index contributed by atoms with van der Waals surface area (Å²) in [6.45, 7) is 3.32. The number of hydrogen-bond acceptors (Lipinski definition) is 1. The van der Waals surface area contributed by atoms with Crippen LogP contribution in [0.5, 0.6) is 0 Å². The van der Waals surface area contributed by atoms with E-state index in [1.54, 1.807) is 0 Å². The maximum absolute atomic E-state index is 5.64. The van der Waals surface area contributed by atoms with Crippen molar-refractivity contribution in [3.8, 4) is 0 Å². The molecule has 3 unspecified atom stereocenters. The lowest BCUT2D eigenvalue weighted by Crippen LogP contribution is -2.37. The zero-order valence-electron chi connectivity index (χ0n) is 6.72. The fourth-order valence-corrected chi connectivity index (χ4v) is 2.93. The topological polar surface area (TPSA) is 26.0 Å². The molecule has 0 aromatic heterocycles. The minimum atomic E-state index is 0.898. The highest BCUT2D eigenvalue weighted by Gasteiger charge is 2.45. The highest BCUT2D eigenvalue weighted by molar-refractivity contribution is 4.95. The molecule has 2 fully saturated rings. The van der Waals surface area contributed by atoms with Gasteiger partial charge in [0.05, 0.1) is 0 Å². The Hall–Kier alpha value is -0.0400. The largest absolute Gasteiger partial charge is 0.330 e. The Labute approximate surface area is 63.0 Å². The Bertz CT molecular complexity index is 129. The predicted octanol–water partition coefficient (Wildman–Crippen LogP) is 1.63. The van der Waals surface area contributed by atoms with Crippen molar-refractivity contribution in [3.63, 3.8) is 0 Å². The van der Waals surface area contributed by atoms with Crippen LogP contribution in [0.1, 0.15) is 26.2 Å². The minimum Gasteiger partial charge on any atom is -0.330 e. The lowest BCUT2D eigenvalue weighted by molar-refractivity contribution is 0.111. The zero-order valence-corrected chi connectivity index (χ0v) is 6.72. The summed E-state index contributed by atoms with van der Waals surface area (Å²) in [7, 11) is 0. The van der Waals surface area contributed by atoms with Crippen LogP contribution in [0.3, 0.4) is 0 Å². The van der Waals surface area contributed by atoms with Crippen molar-refractivity contribution in [2.24, 2.45) is 29.4 Å². The molecule has 2 aliphatic carbocycles. The van der Waals surface area contributed by atoms with Crippen LogP contribution in [0.25, 0.3) is 0 Å². The monoisotopic (exact) mass is 139 g/mol. The molecule has 1 nitrogen and oxygen atoms in total. The summed E-state index contributed by atoms with van der Waals surface area (Å²) in [6.07, 6.45) is 4.39. The summed E-state index contributed by atoms with van der Waals surface area (Å²) in [4.78, 5) is 0. The zero-order chi connectivity index (χ0) is 7.14. The molecule has 58 valence electrons. The Morgan fingerprint density at radius 2 is 2.10 bits per heavy atom. The van der Waals surface area contributed by atoms with Gasteiger partial charge in [-0.1, -0.05) is 6.92 Å². The van der Waals surface area contributed by atoms with E-state index in [-0.39, 0.29) is 0 Å². The highest BCUT2D eigenvalue weighted by atomic mass is 14.6. The lowest BCUT2D eigenvalue weighted by Gasteiger charge is -2.39. The molecular weight excluding hydrogens is 122 g/mol. The number of nitrogens with two attached hydrogens (primary N) is 1. The van der Waals surface area contributed by atoms with Crippen molar-refractivity contribution in [2.75, 3.05) is 6.54 Å². The van der Waals surface area contributed by atoms with Gasteiger partial charge in [-0.2, -0.15) is 0 Å². The first kappa shape index (κ1) is 6.66. The van der Waals surface area contributed by atoms with Gasteiger partial charge in [0, 0.05) is 0 Å². The molecule has 2 rings (SSSR count). The fraction of sp³-hybridized carbons (Fsp3) is 1.00. The van der Waals surface area contributed by atoms with E-state index in [1.165, 1.54) is 19.3 Å². The minimum absolute atomic E-state index is 0.898. The predicted molar refractivity (Wildman–Crippen MR) is 42.5 cm³/mol. The third-order valence-electron chi connectivity index (χ3n) is 3.50. The van der Waals surface area contributed by atoms with Crippen LogP contribution in [-0.4, -0.2) is 6.54 Å². The van der Waals surface area contributed by atoms with Gasteiger partial charge in [0.25, 0.3) is 0 Å². The molecule has 2 saturated carbocycles. The average Bonchev–Trinajstić information content (AvgIpc) is 2.15. The van der Waals surface area contributed by atoms with Gasteiger partial charge in [0.1, 0.15) is 0 Å². The second-order valence-corrected chi connectivity index (χ2v) is 4.23. The maximum atomic E-state index is 5.64. The van der Waals surface area contributed by atoms with Gasteiger partial charge in [0.2, 0.25) is 0 Å². The number of rotatable bonds is 1. The van der Waals surface area contributed by atoms with E-state index in [0.717, 1.165) is 30.2 Å². The van der Waals surface area contributed by atoms with Crippen molar-refractivity contribution < 1.29 is 0 Å². The Morgan fingerprint density at radius 1 is 1.30 bits per heavy atom. The quantitative estimate of drug-likeness (QED) is 0.587. The molecule has 0 aromatic rings. The van der Waals surface area contributed by atoms with E-state index in [0.29, 0.717) is 0 Å². The molecule has 1 heteroatoms. The summed E-state index contributed by atoms with van der Waals surface area (Å²) in [6, 6.07) is 0. The van der Waals surface area contributed by atoms with Crippen LogP contribution in [0.15, 0.2) is 0 Å². The van der Waals surface area contributed by atoms with Crippen LogP contribution in [0, 0.1) is 23.7 Å². The van der Waals surface area contributed by atoms with E-state index < -0.39 is 0 Å². The third-order valence-corrected chi connectivity index (χ3v) is 3.50. The van der Waals surface area contributed by atoms with Crippen LogP contribution < -0.4 is 5.73 Å². The molecule has 2 N–H and O–H groups in total. The Balaban J connectivity index is 1.93. The Morgan fingerprint density at radius 3 is 2.70 bits per heavy atom. The average molecular weight is 139 g/mol. The molecular formula is C9H17N. The van der Waals surface area contributed by atoms with Crippen LogP contribution >= 0.6 is 0 Å². The van der Waals surface area contributed by atoms with E-state index in [2.05, 4.69) is 6.92 Å². The molecule has 0 radical (unpaired) electrons. The summed E-state index contributed by atoms with van der Waals surface area (Å²) in [5, 5.41) is 0. The van der Waals surface area contributed by atoms with Crippen molar-refractivity contribution in [1.82, 2.24) is 0 Å². The van der Waals surface area contributed by atoms with Crippen molar-refractivity contribution in [3.05, 3.63) is 0 Å². The van der Waals surface area contributed by atoms with Crippen LogP contribution in [-0.2, 0) is 0 Å². The smallest absolute Gasteiger partial charge is 0.00460 e. The molecule has 0 amide bonds. The van der Waals surface area contributed by atoms with Gasteiger partial charge >= 0.3 is 0 Å². The molecule has 0 aliphatic heterocycles. The van der Waals surface area contributed by atoms with Gasteiger partial charge < -0.3 is 5.73 Å². The van der Waals surface area contributed by atoms with Gasteiger partial charge in [-0.05, 0) is 49.5 Å². The maximum Gasteiger partial charge on any atom is -0.00460 e. The lowest BCUT2D eigenvalue weighted by atomic mass is 9.67. The molecule has 0 aromatic carbocycles. The first-order valence-corrected chi connectivity index (χ1v) is 4.51. The first-order chi connectivity index (χ1) is 4.81. The standard InChI is InChI=1S/C9H17N/c1-6-2-7-4-8(5-10)9(7)3-6/h6-9H,2-5,10H2,1H3/t6?,7?,8-,9?/m0/s1. The summed E-state index contributed by atoms with van der Waals surface area (Å²) in [5.74, 6) is 3.99. The van der Waals surface area contributed by atoms with Crippen molar-refractivity contribution in [1.29, 1.82) is 0 Å². The van der Waals surface area contributed by atoms with E-state index in [9.17, 15) is 0 Å². The second-order valence-electron chi connectivity index (χ2n) is 4.23. The fourth-order valence-electron chi connectivity index (χ4n) is 2.93. The van der Waals surface area contributed by atoms with Gasteiger partial charge in [-0.25, -0.2) is 0 Å². The van der Waals surface area contributed by atoms with E-state index >= 15 is 0 Å². The van der Waals surface area contributed by atoms with Crippen LogP contribution in [0.4, 0.5) is 0 Å². The van der Waals surface area contributed by atoms with E-state index in [1.807, 2.05) is 0 Å². The van der Waals surface area contributed by atoms with Gasteiger partial charge in [-0.15, -0.1) is 0 Å². The van der Waals surface area contributed by atoms with Gasteiger partial charge in [0.15, 0.2) is 0 Å². The number of fused-ring (bicyclic) bond motifs is 1. The summed E-state index contributed by atoms with van der Waals surface area (Å²) in [5.41, 5.74) is 5.64. The molecule has 0 heterocycles. The molecule has 10 heavy (non-hydrogen) atoms. The van der Waals surface area contributed by atoms with Crippen LogP contribution in [0.2, 0.25) is 0 Å². The van der Waals surface area contributed by atoms with E-state index in [4.69, 9.17) is 5.73 Å². The van der Waals surface area contributed by atoms with Crippen molar-refractivity contribution >= 4 is 0 Å². The van der Waals surface area contributed by atoms with Gasteiger partial charge in [-0.3, -0.25) is 0 Å². The first-order valence-electron chi connectivity index (χ1n) is 4.51. The van der Waals surface area contributed by atoms with Crippen molar-refractivity contribution in [2.45, 2.75) is 26.2 Å². The number of hydrogen-bond donors (Lipinski definition) is 1. The molecule has 2 aliphatic rings. The molecule has 0 bridgehead atoms. The highest BCUT2D eigenvalue weighted by Crippen LogP contribution is 2.52. The SMILES string of the molecule is CC1CC2C[C@@H](CN)C2C1. The molecule has 0 saturated heterocycles. The molecule has 4 atom stereocenters. The summed E-state index contributed by atoms with van der Waals surface area (Å²) < 4.78 is 0. The molecule has 0 spiro atoms.